The van der Waals surface area contributed by atoms with E-state index in [0.717, 1.165) is 38.5 Å². The monoisotopic (exact) mass is 308 g/mol. The summed E-state index contributed by atoms with van der Waals surface area (Å²) < 4.78 is 0. The number of aromatic amines is 1. The van der Waals surface area contributed by atoms with Gasteiger partial charge in [0.2, 0.25) is 0 Å². The maximum Gasteiger partial charge on any atom is 0.165 e. The summed E-state index contributed by atoms with van der Waals surface area (Å²) in [4.78, 5) is 4.53. The summed E-state index contributed by atoms with van der Waals surface area (Å²) in [5.74, 6) is 1.01. The predicted octanol–water partition coefficient (Wildman–Crippen LogP) is 1.70. The van der Waals surface area contributed by atoms with Crippen molar-refractivity contribution in [3.05, 3.63) is 47.5 Å². The van der Waals surface area contributed by atoms with Gasteiger partial charge in [0.05, 0.1) is 0 Å². The Morgan fingerprint density at radius 3 is 2.65 bits per heavy atom. The summed E-state index contributed by atoms with van der Waals surface area (Å²) in [5, 5.41) is 16.0. The van der Waals surface area contributed by atoms with Crippen LogP contribution in [0, 0.1) is 11.3 Å². The number of nitrogen functional groups attached to an aromatic ring is 1. The molecule has 0 spiro atoms. The first-order valence-electron chi connectivity index (χ1n) is 7.71. The molecule has 23 heavy (non-hydrogen) atoms. The number of piperazine rings is 1. The molecule has 0 saturated carbocycles. The zero-order valence-electron chi connectivity index (χ0n) is 12.9. The van der Waals surface area contributed by atoms with Crippen LogP contribution in [0.5, 0.6) is 0 Å². The molecule has 1 aromatic carbocycles. The molecule has 2 aromatic rings. The second-order valence-electron chi connectivity index (χ2n) is 5.54. The number of nitrogens with zero attached hydrogens (tertiary/aromatic N) is 4. The van der Waals surface area contributed by atoms with Crippen molar-refractivity contribution in [1.29, 1.82) is 5.26 Å². The number of nitrogens with two attached hydrogens (primary N) is 1. The van der Waals surface area contributed by atoms with Crippen LogP contribution >= 0.6 is 0 Å². The van der Waals surface area contributed by atoms with Gasteiger partial charge < -0.3 is 10.6 Å². The van der Waals surface area contributed by atoms with Crippen molar-refractivity contribution in [1.82, 2.24) is 15.1 Å². The van der Waals surface area contributed by atoms with E-state index in [2.05, 4.69) is 50.4 Å². The second kappa shape index (κ2) is 6.99. The molecule has 1 aliphatic rings. The fraction of sp³-hybridized carbons (Fsp3) is 0.294. The first-order chi connectivity index (χ1) is 11.3. The number of anilines is 2. The van der Waals surface area contributed by atoms with Gasteiger partial charge in [0.15, 0.2) is 5.82 Å². The van der Waals surface area contributed by atoms with E-state index in [4.69, 9.17) is 11.0 Å². The maximum atomic E-state index is 9.16. The van der Waals surface area contributed by atoms with Gasteiger partial charge in [0, 0.05) is 32.7 Å². The Hall–Kier alpha value is -2.78. The molecule has 1 saturated heterocycles. The van der Waals surface area contributed by atoms with Gasteiger partial charge in [-0.25, -0.2) is 0 Å². The average Bonchev–Trinajstić information content (AvgIpc) is 2.97. The van der Waals surface area contributed by atoms with Crippen LogP contribution in [0.4, 0.5) is 11.6 Å². The van der Waals surface area contributed by atoms with E-state index in [-0.39, 0.29) is 5.82 Å². The van der Waals surface area contributed by atoms with Crippen LogP contribution in [0.15, 0.2) is 36.4 Å². The van der Waals surface area contributed by atoms with Gasteiger partial charge in [-0.05, 0) is 5.56 Å². The number of hydrogen-bond donors (Lipinski definition) is 2. The van der Waals surface area contributed by atoms with Gasteiger partial charge in [-0.15, -0.1) is 0 Å². The van der Waals surface area contributed by atoms with E-state index in [1.807, 2.05) is 18.2 Å². The Bertz CT molecular complexity index is 704. The van der Waals surface area contributed by atoms with E-state index in [1.165, 1.54) is 5.56 Å². The van der Waals surface area contributed by atoms with E-state index >= 15 is 0 Å². The molecule has 6 heteroatoms. The largest absolute Gasteiger partial charge is 0.381 e. The van der Waals surface area contributed by atoms with Gasteiger partial charge in [0.25, 0.3) is 0 Å². The number of aromatic nitrogens is 2. The summed E-state index contributed by atoms with van der Waals surface area (Å²) in [5.41, 5.74) is 7.36. The molecule has 6 nitrogen and oxygen atoms in total. The lowest BCUT2D eigenvalue weighted by atomic mass is 10.2. The molecule has 2 heterocycles. The molecule has 3 rings (SSSR count). The van der Waals surface area contributed by atoms with E-state index < -0.39 is 0 Å². The molecule has 0 amide bonds. The Morgan fingerprint density at radius 1 is 1.22 bits per heavy atom. The number of hydrogen-bond acceptors (Lipinski definition) is 5. The molecule has 0 bridgehead atoms. The highest BCUT2D eigenvalue weighted by molar-refractivity contribution is 5.64. The Morgan fingerprint density at radius 2 is 1.96 bits per heavy atom. The topological polar surface area (TPSA) is 85.0 Å². The van der Waals surface area contributed by atoms with E-state index in [0.29, 0.717) is 5.56 Å². The van der Waals surface area contributed by atoms with Gasteiger partial charge >= 0.3 is 0 Å². The minimum absolute atomic E-state index is 0.274. The van der Waals surface area contributed by atoms with Crippen LogP contribution in [0.1, 0.15) is 11.1 Å². The van der Waals surface area contributed by atoms with Crippen molar-refractivity contribution in [2.24, 2.45) is 0 Å². The quantitative estimate of drug-likeness (QED) is 0.898. The van der Waals surface area contributed by atoms with Crippen LogP contribution in [0.2, 0.25) is 0 Å². The molecule has 118 valence electrons. The summed E-state index contributed by atoms with van der Waals surface area (Å²) in [6.07, 6.45) is 4.34. The van der Waals surface area contributed by atoms with Crippen molar-refractivity contribution in [2.75, 3.05) is 43.4 Å². The molecule has 1 aromatic heterocycles. The van der Waals surface area contributed by atoms with Crippen LogP contribution in [-0.4, -0.2) is 47.8 Å². The van der Waals surface area contributed by atoms with Crippen molar-refractivity contribution in [2.45, 2.75) is 0 Å². The third-order valence-corrected chi connectivity index (χ3v) is 4.05. The third-order valence-electron chi connectivity index (χ3n) is 4.05. The fourth-order valence-electron chi connectivity index (χ4n) is 2.74. The summed E-state index contributed by atoms with van der Waals surface area (Å²) in [6, 6.07) is 12.4. The Balaban J connectivity index is 1.53. The van der Waals surface area contributed by atoms with Gasteiger partial charge in [0.1, 0.15) is 17.5 Å². The normalized spacial score (nSPS) is 15.9. The van der Waals surface area contributed by atoms with E-state index in [1.54, 1.807) is 0 Å². The fourth-order valence-corrected chi connectivity index (χ4v) is 2.74. The standard InChI is InChI=1S/C17H20N6/c18-13-15-16(19)20-21-17(15)23-11-9-22(10-12-23)8-4-7-14-5-2-1-3-6-14/h1-7H,8-12H2,(H3,19,20,21)/b7-4+. The zero-order chi connectivity index (χ0) is 16.1. The lowest BCUT2D eigenvalue weighted by Crippen LogP contribution is -2.46. The lowest BCUT2D eigenvalue weighted by Gasteiger charge is -2.34. The number of nitrogens with one attached hydrogen (secondary N) is 1. The van der Waals surface area contributed by atoms with Crippen molar-refractivity contribution in [3.8, 4) is 6.07 Å². The van der Waals surface area contributed by atoms with Crippen molar-refractivity contribution in [3.63, 3.8) is 0 Å². The van der Waals surface area contributed by atoms with Gasteiger partial charge in [-0.3, -0.25) is 10.00 Å². The Labute approximate surface area is 135 Å². The summed E-state index contributed by atoms with van der Waals surface area (Å²) in [6.45, 7) is 4.54. The summed E-state index contributed by atoms with van der Waals surface area (Å²) >= 11 is 0. The first kappa shape index (κ1) is 15.1. The molecular weight excluding hydrogens is 288 g/mol. The molecule has 0 unspecified atom stereocenters. The van der Waals surface area contributed by atoms with Crippen LogP contribution in [-0.2, 0) is 0 Å². The molecule has 1 aliphatic heterocycles. The SMILES string of the molecule is N#Cc1c(N)n[nH]c1N1CCN(C/C=C/c2ccccc2)CC1. The zero-order valence-corrected chi connectivity index (χ0v) is 12.9. The average molecular weight is 308 g/mol. The molecule has 0 radical (unpaired) electrons. The van der Waals surface area contributed by atoms with Crippen LogP contribution in [0.3, 0.4) is 0 Å². The second-order valence-corrected chi connectivity index (χ2v) is 5.54. The molecular formula is C17H20N6. The molecule has 0 aliphatic carbocycles. The lowest BCUT2D eigenvalue weighted by molar-refractivity contribution is 0.283. The highest BCUT2D eigenvalue weighted by Gasteiger charge is 2.21. The van der Waals surface area contributed by atoms with Gasteiger partial charge in [-0.1, -0.05) is 42.5 Å². The number of H-pyrrole nitrogens is 1. The minimum Gasteiger partial charge on any atom is -0.381 e. The number of nitriles is 1. The van der Waals surface area contributed by atoms with Crippen molar-refractivity contribution >= 4 is 17.7 Å². The Kier molecular flexibility index (Phi) is 4.60. The molecule has 0 atom stereocenters. The van der Waals surface area contributed by atoms with Gasteiger partial charge in [-0.2, -0.15) is 10.4 Å². The number of rotatable bonds is 4. The van der Waals surface area contributed by atoms with Crippen LogP contribution in [0.25, 0.3) is 6.08 Å². The third kappa shape index (κ3) is 3.52. The predicted molar refractivity (Wildman–Crippen MR) is 91.8 cm³/mol. The first-order valence-corrected chi connectivity index (χ1v) is 7.71. The molecule has 1 fully saturated rings. The smallest absolute Gasteiger partial charge is 0.165 e. The summed E-state index contributed by atoms with van der Waals surface area (Å²) in [7, 11) is 0. The highest BCUT2D eigenvalue weighted by atomic mass is 15.3. The molecule has 3 N–H and O–H groups in total. The van der Waals surface area contributed by atoms with Crippen molar-refractivity contribution < 1.29 is 0 Å². The maximum absolute atomic E-state index is 9.16. The minimum atomic E-state index is 0.274. The van der Waals surface area contributed by atoms with E-state index in [9.17, 15) is 0 Å². The number of benzene rings is 1. The highest BCUT2D eigenvalue weighted by Crippen LogP contribution is 2.22. The van der Waals surface area contributed by atoms with Crippen LogP contribution < -0.4 is 10.6 Å².